The molecular weight excluding hydrogens is 560 g/mol. The van der Waals surface area contributed by atoms with Crippen LogP contribution in [0.3, 0.4) is 0 Å². The van der Waals surface area contributed by atoms with Gasteiger partial charge in [-0.15, -0.1) is 0 Å². The van der Waals surface area contributed by atoms with Crippen LogP contribution in [0.4, 0.5) is 19.4 Å². The minimum atomic E-state index is -1.04. The number of carbonyl (C=O) groups is 3. The van der Waals surface area contributed by atoms with Crippen molar-refractivity contribution in [3.8, 4) is 0 Å². The predicted molar refractivity (Wildman–Crippen MR) is 150 cm³/mol. The summed E-state index contributed by atoms with van der Waals surface area (Å²) in [5.74, 6) is -1.65. The van der Waals surface area contributed by atoms with Crippen molar-refractivity contribution in [1.29, 1.82) is 0 Å². The summed E-state index contributed by atoms with van der Waals surface area (Å²) in [5.41, 5.74) is 5.99. The van der Waals surface area contributed by atoms with Gasteiger partial charge in [0.05, 0.1) is 17.7 Å². The number of nitrogens with zero attached hydrogens (tertiary/aromatic N) is 2. The summed E-state index contributed by atoms with van der Waals surface area (Å²) >= 11 is 6.01. The van der Waals surface area contributed by atoms with Crippen molar-refractivity contribution in [2.75, 3.05) is 32.1 Å². The summed E-state index contributed by atoms with van der Waals surface area (Å²) in [6, 6.07) is 8.46. The fourth-order valence-corrected chi connectivity index (χ4v) is 4.23. The van der Waals surface area contributed by atoms with Crippen molar-refractivity contribution < 1.29 is 33.0 Å². The first-order valence-electron chi connectivity index (χ1n) is 12.9. The van der Waals surface area contributed by atoms with Gasteiger partial charge in [-0.3, -0.25) is 14.9 Å². The molecule has 0 unspecified atom stereocenters. The molecule has 0 fully saturated rings. The molecule has 0 spiro atoms. The van der Waals surface area contributed by atoms with Crippen molar-refractivity contribution in [2.45, 2.75) is 37.8 Å². The quantitative estimate of drug-likeness (QED) is 0.223. The zero-order valence-electron chi connectivity index (χ0n) is 22.4. The number of hydrogen-bond acceptors (Lipinski definition) is 7. The molecule has 0 aliphatic heterocycles. The number of amides is 3. The SMILES string of the molecule is CN(C(=O)CCc1cccc(F)c1Cl)[C@@H](CCCNC(=O)[C@@H](N)CO)COC(=O)Nc1cc2cc(F)ccc2cn1. The van der Waals surface area contributed by atoms with E-state index in [4.69, 9.17) is 27.2 Å². The van der Waals surface area contributed by atoms with Gasteiger partial charge in [0.2, 0.25) is 11.8 Å². The molecule has 5 N–H and O–H groups in total. The molecule has 0 aliphatic rings. The van der Waals surface area contributed by atoms with E-state index in [2.05, 4.69) is 15.6 Å². The maximum absolute atomic E-state index is 13.8. The Kier molecular flexibility index (Phi) is 11.7. The van der Waals surface area contributed by atoms with Crippen LogP contribution in [0.15, 0.2) is 48.7 Å². The summed E-state index contributed by atoms with van der Waals surface area (Å²) in [6.07, 6.45) is 1.65. The van der Waals surface area contributed by atoms with E-state index in [1.165, 1.54) is 41.4 Å². The first kappa shape index (κ1) is 31.7. The number of nitrogens with one attached hydrogen (secondary N) is 2. The number of nitrogens with two attached hydrogens (primary N) is 1. The second kappa shape index (κ2) is 15.2. The Labute approximate surface area is 240 Å². The molecule has 3 rings (SSSR count). The number of aliphatic hydroxyl groups is 1. The largest absolute Gasteiger partial charge is 0.447 e. The topological polar surface area (TPSA) is 147 Å². The highest BCUT2D eigenvalue weighted by Gasteiger charge is 2.22. The number of fused-ring (bicyclic) bond motifs is 1. The van der Waals surface area contributed by atoms with Crippen molar-refractivity contribution in [3.63, 3.8) is 0 Å². The van der Waals surface area contributed by atoms with Crippen molar-refractivity contribution in [1.82, 2.24) is 15.2 Å². The number of aromatic nitrogens is 1. The first-order chi connectivity index (χ1) is 19.6. The highest BCUT2D eigenvalue weighted by Crippen LogP contribution is 2.22. The van der Waals surface area contributed by atoms with Gasteiger partial charge < -0.3 is 25.8 Å². The molecule has 0 aliphatic carbocycles. The highest BCUT2D eigenvalue weighted by atomic mass is 35.5. The van der Waals surface area contributed by atoms with E-state index in [9.17, 15) is 23.2 Å². The molecule has 0 saturated heterocycles. The lowest BCUT2D eigenvalue weighted by Crippen LogP contribution is -2.44. The zero-order valence-corrected chi connectivity index (χ0v) is 23.2. The number of carbonyl (C=O) groups excluding carboxylic acids is 3. The van der Waals surface area contributed by atoms with Crippen LogP contribution in [-0.4, -0.2) is 71.8 Å². The molecule has 220 valence electrons. The van der Waals surface area contributed by atoms with Crippen LogP contribution in [-0.2, 0) is 20.7 Å². The third kappa shape index (κ3) is 9.34. The Hall–Kier alpha value is -3.87. The molecule has 0 radical (unpaired) electrons. The average molecular weight is 592 g/mol. The van der Waals surface area contributed by atoms with Crippen LogP contribution in [0.5, 0.6) is 0 Å². The van der Waals surface area contributed by atoms with Gasteiger partial charge in [0.15, 0.2) is 0 Å². The second-order valence-electron chi connectivity index (χ2n) is 9.38. The molecule has 3 amide bonds. The fraction of sp³-hybridized carbons (Fsp3) is 0.357. The van der Waals surface area contributed by atoms with Gasteiger partial charge in [0.1, 0.15) is 30.1 Å². The van der Waals surface area contributed by atoms with Gasteiger partial charge in [-0.2, -0.15) is 0 Å². The number of aliphatic hydroxyl groups excluding tert-OH is 1. The van der Waals surface area contributed by atoms with Crippen LogP contribution in [0.1, 0.15) is 24.8 Å². The summed E-state index contributed by atoms with van der Waals surface area (Å²) in [4.78, 5) is 42.9. The van der Waals surface area contributed by atoms with Crippen molar-refractivity contribution >= 4 is 46.1 Å². The van der Waals surface area contributed by atoms with Gasteiger partial charge in [0, 0.05) is 31.6 Å². The highest BCUT2D eigenvalue weighted by molar-refractivity contribution is 6.31. The van der Waals surface area contributed by atoms with E-state index < -0.39 is 42.3 Å². The Morgan fingerprint density at radius 3 is 2.71 bits per heavy atom. The minimum absolute atomic E-state index is 0.0298. The number of likely N-dealkylation sites (N-methyl/N-ethyl adjacent to an activating group) is 1. The number of hydrogen-bond donors (Lipinski definition) is 4. The number of ether oxygens (including phenoxy) is 1. The van der Waals surface area contributed by atoms with Crippen molar-refractivity contribution in [2.24, 2.45) is 5.73 Å². The minimum Gasteiger partial charge on any atom is -0.447 e. The third-order valence-electron chi connectivity index (χ3n) is 6.45. The van der Waals surface area contributed by atoms with Gasteiger partial charge in [-0.05, 0) is 60.5 Å². The molecule has 41 heavy (non-hydrogen) atoms. The van der Waals surface area contributed by atoms with Gasteiger partial charge in [-0.25, -0.2) is 18.6 Å². The van der Waals surface area contributed by atoms with Crippen LogP contribution in [0.2, 0.25) is 5.02 Å². The normalized spacial score (nSPS) is 12.4. The van der Waals surface area contributed by atoms with Gasteiger partial charge in [0.25, 0.3) is 0 Å². The van der Waals surface area contributed by atoms with E-state index >= 15 is 0 Å². The predicted octanol–water partition coefficient (Wildman–Crippen LogP) is 3.39. The second-order valence-corrected chi connectivity index (χ2v) is 9.76. The number of rotatable bonds is 13. The molecule has 10 nitrogen and oxygen atoms in total. The monoisotopic (exact) mass is 591 g/mol. The maximum Gasteiger partial charge on any atom is 0.412 e. The lowest BCUT2D eigenvalue weighted by atomic mass is 10.1. The van der Waals surface area contributed by atoms with Crippen LogP contribution in [0, 0.1) is 11.6 Å². The molecule has 2 atom stereocenters. The van der Waals surface area contributed by atoms with E-state index in [0.29, 0.717) is 29.2 Å². The molecule has 0 bridgehead atoms. The lowest BCUT2D eigenvalue weighted by Gasteiger charge is -2.28. The van der Waals surface area contributed by atoms with Gasteiger partial charge in [-0.1, -0.05) is 23.7 Å². The Morgan fingerprint density at radius 1 is 1.17 bits per heavy atom. The van der Waals surface area contributed by atoms with E-state index in [-0.39, 0.29) is 42.7 Å². The van der Waals surface area contributed by atoms with E-state index in [0.717, 1.165) is 0 Å². The summed E-state index contributed by atoms with van der Waals surface area (Å²) < 4.78 is 32.7. The fourth-order valence-electron chi connectivity index (χ4n) is 4.01. The molecular formula is C28H32ClF2N5O5. The Balaban J connectivity index is 1.61. The Morgan fingerprint density at radius 2 is 1.95 bits per heavy atom. The number of benzene rings is 2. The number of pyridine rings is 1. The number of halogens is 3. The first-order valence-corrected chi connectivity index (χ1v) is 13.3. The molecule has 0 saturated carbocycles. The number of anilines is 1. The molecule has 1 heterocycles. The summed E-state index contributed by atoms with van der Waals surface area (Å²) in [5, 5.41) is 15.3. The lowest BCUT2D eigenvalue weighted by molar-refractivity contribution is -0.133. The summed E-state index contributed by atoms with van der Waals surface area (Å²) in [6.45, 7) is -0.459. The van der Waals surface area contributed by atoms with Crippen LogP contribution in [0.25, 0.3) is 10.8 Å². The average Bonchev–Trinajstić information content (AvgIpc) is 2.96. The standard InChI is InChI=1S/C28H32ClF2N5O5/c1-36(25(38)10-8-17-4-2-6-22(31)26(17)29)21(5-3-11-33-27(39)23(32)15-37)16-41-28(40)35-24-13-19-12-20(30)9-7-18(19)14-34-24/h2,4,6-7,9,12-14,21,23,37H,3,5,8,10-11,15-16,32H2,1H3,(H,33,39)(H,34,35,40)/t21-,23-/m0/s1. The number of aryl methyl sites for hydroxylation is 1. The smallest absolute Gasteiger partial charge is 0.412 e. The molecule has 2 aromatic carbocycles. The Bertz CT molecular complexity index is 1380. The summed E-state index contributed by atoms with van der Waals surface area (Å²) in [7, 11) is 1.56. The van der Waals surface area contributed by atoms with E-state index in [1.54, 1.807) is 19.2 Å². The molecule has 1 aromatic heterocycles. The zero-order chi connectivity index (χ0) is 29.9. The van der Waals surface area contributed by atoms with E-state index in [1.807, 2.05) is 0 Å². The van der Waals surface area contributed by atoms with Crippen LogP contribution < -0.4 is 16.4 Å². The van der Waals surface area contributed by atoms with Gasteiger partial charge >= 0.3 is 6.09 Å². The van der Waals surface area contributed by atoms with Crippen LogP contribution >= 0.6 is 11.6 Å². The maximum atomic E-state index is 13.8. The third-order valence-corrected chi connectivity index (χ3v) is 6.87. The van der Waals surface area contributed by atoms with Crippen molar-refractivity contribution in [3.05, 3.63) is 70.9 Å². The molecule has 13 heteroatoms. The molecule has 3 aromatic rings.